The zero-order chi connectivity index (χ0) is 99.9. The molecule has 4 atom stereocenters. The van der Waals surface area contributed by atoms with Gasteiger partial charge in [0.2, 0.25) is 0 Å². The average molecular weight is 1970 g/mol. The van der Waals surface area contributed by atoms with Crippen LogP contribution in [0.25, 0.3) is 22.3 Å². The Kier molecular flexibility index (Phi) is 45.1. The van der Waals surface area contributed by atoms with Gasteiger partial charge in [0.25, 0.3) is 0 Å². The molecular formula is C110H152IN6O18+. The molecule has 0 unspecified atom stereocenters. The molecule has 0 saturated carbocycles. The van der Waals surface area contributed by atoms with E-state index in [1.165, 1.54) is 11.1 Å². The monoisotopic (exact) mass is 1970 g/mol. The van der Waals surface area contributed by atoms with Crippen LogP contribution in [-0.2, 0) is 107 Å². The number of nitrogens with one attached hydrogen (secondary N) is 2. The van der Waals surface area contributed by atoms with E-state index in [1.807, 2.05) is 272 Å². The molecule has 135 heavy (non-hydrogen) atoms. The number of alkyl carbamates (subject to hydrolysis) is 2. The van der Waals surface area contributed by atoms with Gasteiger partial charge in [-0.2, -0.15) is 0 Å². The van der Waals surface area contributed by atoms with Gasteiger partial charge in [0, 0.05) is 55.7 Å². The summed E-state index contributed by atoms with van der Waals surface area (Å²) in [5.74, 6) is -3.38. The number of amides is 4. The molecule has 2 N–H and O–H groups in total. The number of carbonyl (C=O) groups excluding carboxylic acids is 8. The van der Waals surface area contributed by atoms with E-state index < -0.39 is 93.3 Å². The van der Waals surface area contributed by atoms with Crippen molar-refractivity contribution in [2.75, 3.05) is 94.8 Å². The third-order valence-corrected chi connectivity index (χ3v) is 21.8. The van der Waals surface area contributed by atoms with Crippen LogP contribution in [-0.4, -0.2) is 196 Å². The van der Waals surface area contributed by atoms with E-state index in [-0.39, 0.29) is 31.8 Å². The third-order valence-electron chi connectivity index (χ3n) is 20.9. The molecule has 24 nitrogen and oxygen atoms in total. The van der Waals surface area contributed by atoms with Crippen molar-refractivity contribution in [3.63, 3.8) is 0 Å². The van der Waals surface area contributed by atoms with Gasteiger partial charge in [0.05, 0.1) is 58.5 Å². The molecule has 0 spiro atoms. The molecule has 0 bridgehead atoms. The molecule has 8 aromatic carbocycles. The summed E-state index contributed by atoms with van der Waals surface area (Å²) in [6.07, 6.45) is 2.54. The highest BCUT2D eigenvalue weighted by molar-refractivity contribution is 14.1. The van der Waals surface area contributed by atoms with Crippen LogP contribution in [0.3, 0.4) is 0 Å². The predicted molar refractivity (Wildman–Crippen MR) is 542 cm³/mol. The average Bonchev–Trinajstić information content (AvgIpc) is 0.821. The number of carbonyl (C=O) groups is 8. The number of benzene rings is 8. The van der Waals surface area contributed by atoms with Crippen molar-refractivity contribution in [3.8, 4) is 33.8 Å². The first-order valence-electron chi connectivity index (χ1n) is 46.7. The molecule has 736 valence electrons. The maximum Gasteiger partial charge on any atom is 0.410 e. The minimum absolute atomic E-state index is 0.0625. The van der Waals surface area contributed by atoms with E-state index in [0.717, 1.165) is 103 Å². The Bertz CT molecular complexity index is 4920. The van der Waals surface area contributed by atoms with Crippen molar-refractivity contribution in [1.82, 2.24) is 25.3 Å². The number of alkyl halides is 1. The van der Waals surface area contributed by atoms with Crippen molar-refractivity contribution in [1.29, 1.82) is 0 Å². The van der Waals surface area contributed by atoms with Gasteiger partial charge >= 0.3 is 48.3 Å². The van der Waals surface area contributed by atoms with Crippen LogP contribution in [0.2, 0.25) is 0 Å². The van der Waals surface area contributed by atoms with Crippen molar-refractivity contribution in [2.45, 2.75) is 234 Å². The number of methoxy groups -OCH3 is 2. The number of quaternary nitrogens is 1. The van der Waals surface area contributed by atoms with E-state index in [1.54, 1.807) is 24.0 Å². The molecule has 4 amide bonds. The Morgan fingerprint density at radius 3 is 0.911 bits per heavy atom. The van der Waals surface area contributed by atoms with Gasteiger partial charge < -0.3 is 77.2 Å². The molecule has 0 fully saturated rings. The minimum Gasteiger partial charge on any atom is -0.497 e. The Morgan fingerprint density at radius 1 is 0.326 bits per heavy atom. The van der Waals surface area contributed by atoms with Crippen LogP contribution in [0.4, 0.5) is 19.2 Å². The quantitative estimate of drug-likeness (QED) is 0.00900. The molecule has 0 aliphatic carbocycles. The van der Waals surface area contributed by atoms with Crippen molar-refractivity contribution < 1.29 is 90.2 Å². The smallest absolute Gasteiger partial charge is 0.410 e. The Labute approximate surface area is 818 Å². The summed E-state index contributed by atoms with van der Waals surface area (Å²) in [5, 5.41) is 5.48. The number of halogens is 1. The highest BCUT2D eigenvalue weighted by atomic mass is 127. The molecule has 0 aromatic heterocycles. The number of rotatable bonds is 41. The zero-order valence-electron chi connectivity index (χ0n) is 84.6. The van der Waals surface area contributed by atoms with E-state index in [9.17, 15) is 38.4 Å². The number of hydrogen-bond donors (Lipinski definition) is 2. The summed E-state index contributed by atoms with van der Waals surface area (Å²) in [6, 6.07) is 67.5. The lowest BCUT2D eigenvalue weighted by molar-refractivity contribution is -0.903. The summed E-state index contributed by atoms with van der Waals surface area (Å²) >= 11 is 2.36. The Hall–Kier alpha value is -11.0. The van der Waals surface area contributed by atoms with Crippen LogP contribution < -0.4 is 20.1 Å². The summed E-state index contributed by atoms with van der Waals surface area (Å²) in [4.78, 5) is 110. The van der Waals surface area contributed by atoms with Crippen molar-refractivity contribution >= 4 is 70.8 Å². The van der Waals surface area contributed by atoms with Gasteiger partial charge in [-0.25, -0.2) is 19.2 Å². The first kappa shape index (κ1) is 113. The van der Waals surface area contributed by atoms with E-state index in [4.69, 9.17) is 47.4 Å². The summed E-state index contributed by atoms with van der Waals surface area (Å²) in [5.41, 5.74) is 8.46. The van der Waals surface area contributed by atoms with Crippen LogP contribution in [0, 0.1) is 23.7 Å². The SMILES string of the molecule is CN(C)CCCN(CCCNC(=O)OC(C)(C)C)C(=O)OC(C)(C)C.COc1ccc(COC(=O)[C@H](Cc2ccccc2)[C@H](Cc2ccc(-c3ccc(CI)cc3)cc2)C(=O)OC(C)(C)C)cc1.COc1ccc(COC(=O)[C@H](Cc2ccccc2)[C@H](Cc2ccc(-c3ccc(C[N+](C)(C)CCCN(CCCNC(=O)OC(C)(C)C)C(=O)OC(C)(C)C)cc3)cc2)C(=O)OC(C)(C)C)cc1. The molecule has 8 rings (SSSR count). The van der Waals surface area contributed by atoms with Gasteiger partial charge in [-0.3, -0.25) is 19.2 Å². The zero-order valence-corrected chi connectivity index (χ0v) is 86.8. The summed E-state index contributed by atoms with van der Waals surface area (Å²) < 4.78 is 57.5. The normalized spacial score (nSPS) is 12.7. The lowest BCUT2D eigenvalue weighted by Gasteiger charge is -2.32. The largest absolute Gasteiger partial charge is 0.497 e. The topological polar surface area (TPSA) is 263 Å². The first-order chi connectivity index (χ1) is 63.3. The van der Waals surface area contributed by atoms with Crippen LogP contribution in [0.5, 0.6) is 11.5 Å². The van der Waals surface area contributed by atoms with E-state index >= 15 is 0 Å². The molecule has 25 heteroatoms. The fraction of sp³-hybridized carbons (Fsp3) is 0.491. The van der Waals surface area contributed by atoms with Gasteiger partial charge in [0.15, 0.2) is 0 Å². The lowest BCUT2D eigenvalue weighted by atomic mass is 9.82. The predicted octanol–water partition coefficient (Wildman–Crippen LogP) is 22.1. The Morgan fingerprint density at radius 2 is 0.607 bits per heavy atom. The van der Waals surface area contributed by atoms with Crippen molar-refractivity contribution in [3.05, 3.63) is 251 Å². The molecule has 0 saturated heterocycles. The highest BCUT2D eigenvalue weighted by Gasteiger charge is 2.41. The second-order valence-electron chi connectivity index (χ2n) is 40.9. The molecular weight excluding hydrogens is 1820 g/mol. The Balaban J connectivity index is 0.000000350. The van der Waals surface area contributed by atoms with Crippen LogP contribution >= 0.6 is 22.6 Å². The lowest BCUT2D eigenvalue weighted by Crippen LogP contribution is -2.43. The third kappa shape index (κ3) is 45.5. The highest BCUT2D eigenvalue weighted by Crippen LogP contribution is 2.33. The van der Waals surface area contributed by atoms with Crippen LogP contribution in [0.15, 0.2) is 206 Å². The number of esters is 4. The maximum absolute atomic E-state index is 14.0. The number of hydrogen-bond acceptors (Lipinski definition) is 19. The van der Waals surface area contributed by atoms with Gasteiger partial charge in [0.1, 0.15) is 64.9 Å². The molecule has 0 aliphatic heterocycles. The molecule has 0 radical (unpaired) electrons. The number of ether oxygens (including phenoxy) is 10. The van der Waals surface area contributed by atoms with Gasteiger partial charge in [-0.15, -0.1) is 0 Å². The second-order valence-corrected chi connectivity index (χ2v) is 41.7. The maximum atomic E-state index is 14.0. The van der Waals surface area contributed by atoms with Crippen LogP contribution in [0.1, 0.15) is 195 Å². The van der Waals surface area contributed by atoms with E-state index in [0.29, 0.717) is 77.1 Å². The number of nitrogens with zero attached hydrogens (tertiary/aromatic N) is 4. The molecule has 0 aliphatic rings. The summed E-state index contributed by atoms with van der Waals surface area (Å²) in [6.45, 7) is 38.7. The van der Waals surface area contributed by atoms with E-state index in [2.05, 4.69) is 125 Å². The summed E-state index contributed by atoms with van der Waals surface area (Å²) in [7, 11) is 11.6. The molecule has 0 heterocycles. The van der Waals surface area contributed by atoms with Gasteiger partial charge in [-0.1, -0.05) is 205 Å². The first-order valence-corrected chi connectivity index (χ1v) is 48.3. The fourth-order valence-corrected chi connectivity index (χ4v) is 14.9. The standard InChI is InChI=1S/C55H75N3O9.C37H39IO5.C18H37N3O4/c1-53(2,3)65-50(60)48(47(36-40-18-14-13-15-19-40)49(59)64-39-43-24-30-46(63-12)31-25-43)37-41-20-26-44(27-21-41)45-28-22-42(23-29-45)38-58(10,11)35-17-34-57(52(62)67-55(7,8)9)33-16-32-56-51(61)66-54(4,5)6;1-37(2,3)43-36(40)34(23-27-10-16-30(17-11-27)31-18-12-28(24-38)13-19-31)33(22-26-8-6-5-7-9-26)35(39)42-25-29-14-20-32(41-4)21-15-29;1-17(2,3)24-15(22)19-11-9-13-21(14-10-12-20(7)8)16(23)25-18(4,5)6/h13-15,18-31,47-48H,16-17,32-39H2,1-12H3;5-21,33-34H,22-25H2,1-4H3;9-14H2,1-8H3,(H,19,22)/p+1/t47-,48+;33-,34+;/m11./s1. The van der Waals surface area contributed by atoms with Crippen molar-refractivity contribution in [2.24, 2.45) is 23.7 Å². The minimum atomic E-state index is -0.803. The van der Waals surface area contributed by atoms with Gasteiger partial charge in [-0.05, 0) is 276 Å². The molecule has 8 aromatic rings. The second kappa shape index (κ2) is 54.1. The fourth-order valence-electron chi connectivity index (χ4n) is 14.4.